The van der Waals surface area contributed by atoms with Crippen LogP contribution >= 0.6 is 0 Å². The van der Waals surface area contributed by atoms with Crippen molar-refractivity contribution in [3.8, 4) is 11.5 Å². The lowest BCUT2D eigenvalue weighted by Gasteiger charge is -2.22. The first-order valence-electron chi connectivity index (χ1n) is 10.0. The van der Waals surface area contributed by atoms with Crippen molar-refractivity contribution < 1.29 is 19.1 Å². The third-order valence-electron chi connectivity index (χ3n) is 5.02. The summed E-state index contributed by atoms with van der Waals surface area (Å²) in [6, 6.07) is 14.6. The van der Waals surface area contributed by atoms with E-state index in [0.717, 1.165) is 24.2 Å². The molecule has 0 heterocycles. The first kappa shape index (κ1) is 20.6. The summed E-state index contributed by atoms with van der Waals surface area (Å²) < 4.78 is 10.7. The summed E-state index contributed by atoms with van der Waals surface area (Å²) in [5, 5.41) is 3.02. The first-order valence-corrected chi connectivity index (χ1v) is 10.0. The smallest absolute Gasteiger partial charge is 0.258 e. The number of allylic oxidation sites excluding steroid dienone is 1. The van der Waals surface area contributed by atoms with E-state index in [2.05, 4.69) is 5.32 Å². The molecule has 1 fully saturated rings. The number of hydrogen-bond acceptors (Lipinski definition) is 4. The highest BCUT2D eigenvalue weighted by Crippen LogP contribution is 2.18. The molecule has 0 atom stereocenters. The molecule has 0 unspecified atom stereocenters. The van der Waals surface area contributed by atoms with E-state index < -0.39 is 0 Å². The van der Waals surface area contributed by atoms with Crippen molar-refractivity contribution in [3.05, 3.63) is 65.7 Å². The highest BCUT2D eigenvalue weighted by molar-refractivity contribution is 6.06. The summed E-state index contributed by atoms with van der Waals surface area (Å²) >= 11 is 0. The standard InChI is InChI=1S/C24H27NO4/c1-28-21-12-7-18(8-13-21)9-16-23(26)19-10-14-22(15-11-19)29-17-24(27)25-20-5-3-2-4-6-20/h7-16,20H,2-6,17H2,1H3,(H,25,27)/b16-9+. The van der Waals surface area contributed by atoms with Crippen LogP contribution in [-0.4, -0.2) is 31.4 Å². The monoisotopic (exact) mass is 393 g/mol. The van der Waals surface area contributed by atoms with Crippen LogP contribution < -0.4 is 14.8 Å². The Morgan fingerprint density at radius 3 is 2.28 bits per heavy atom. The number of amides is 1. The van der Waals surface area contributed by atoms with Crippen LogP contribution in [0.5, 0.6) is 11.5 Å². The van der Waals surface area contributed by atoms with Gasteiger partial charge >= 0.3 is 0 Å². The van der Waals surface area contributed by atoms with Crippen LogP contribution in [0.15, 0.2) is 54.6 Å². The van der Waals surface area contributed by atoms with Crippen LogP contribution in [0, 0.1) is 0 Å². The molecule has 0 bridgehead atoms. The molecule has 0 aromatic heterocycles. The Bertz CT molecular complexity index is 834. The Balaban J connectivity index is 1.47. The molecular weight excluding hydrogens is 366 g/mol. The van der Waals surface area contributed by atoms with Crippen LogP contribution in [0.2, 0.25) is 0 Å². The van der Waals surface area contributed by atoms with Crippen LogP contribution in [0.1, 0.15) is 48.0 Å². The van der Waals surface area contributed by atoms with Gasteiger partial charge in [0.05, 0.1) is 7.11 Å². The van der Waals surface area contributed by atoms with Crippen LogP contribution in [0.4, 0.5) is 0 Å². The molecule has 3 rings (SSSR count). The lowest BCUT2D eigenvalue weighted by atomic mass is 9.95. The maximum atomic E-state index is 12.3. The second kappa shape index (κ2) is 10.5. The molecule has 0 saturated heterocycles. The van der Waals surface area contributed by atoms with Gasteiger partial charge in [-0.15, -0.1) is 0 Å². The fourth-order valence-corrected chi connectivity index (χ4v) is 3.36. The number of methoxy groups -OCH3 is 1. The topological polar surface area (TPSA) is 64.6 Å². The van der Waals surface area contributed by atoms with Gasteiger partial charge in [-0.05, 0) is 60.9 Å². The molecule has 5 heteroatoms. The fraction of sp³-hybridized carbons (Fsp3) is 0.333. The van der Waals surface area contributed by atoms with Gasteiger partial charge in [0.15, 0.2) is 12.4 Å². The Morgan fingerprint density at radius 1 is 0.966 bits per heavy atom. The molecule has 0 spiro atoms. The Morgan fingerprint density at radius 2 is 1.62 bits per heavy atom. The summed E-state index contributed by atoms with van der Waals surface area (Å²) in [5.41, 5.74) is 1.48. The van der Waals surface area contributed by atoms with E-state index in [1.807, 2.05) is 24.3 Å². The summed E-state index contributed by atoms with van der Waals surface area (Å²) in [5.74, 6) is 1.15. The van der Waals surface area contributed by atoms with Gasteiger partial charge in [0.2, 0.25) is 0 Å². The highest BCUT2D eigenvalue weighted by Gasteiger charge is 2.15. The normalized spacial score (nSPS) is 14.5. The van der Waals surface area contributed by atoms with E-state index in [1.54, 1.807) is 37.5 Å². The maximum absolute atomic E-state index is 12.3. The molecule has 152 valence electrons. The number of carbonyl (C=O) groups is 2. The van der Waals surface area contributed by atoms with Crippen LogP contribution in [0.25, 0.3) is 6.08 Å². The van der Waals surface area contributed by atoms with E-state index in [4.69, 9.17) is 9.47 Å². The van der Waals surface area contributed by atoms with E-state index in [9.17, 15) is 9.59 Å². The quantitative estimate of drug-likeness (QED) is 0.533. The lowest BCUT2D eigenvalue weighted by molar-refractivity contribution is -0.124. The average Bonchev–Trinajstić information content (AvgIpc) is 2.77. The van der Waals surface area contributed by atoms with Crippen LogP contribution in [0.3, 0.4) is 0 Å². The zero-order chi connectivity index (χ0) is 20.5. The van der Waals surface area contributed by atoms with Crippen LogP contribution in [-0.2, 0) is 4.79 Å². The van der Waals surface area contributed by atoms with E-state index in [1.165, 1.54) is 25.3 Å². The molecule has 29 heavy (non-hydrogen) atoms. The highest BCUT2D eigenvalue weighted by atomic mass is 16.5. The molecule has 1 N–H and O–H groups in total. The molecule has 0 aliphatic heterocycles. The number of benzene rings is 2. The number of ether oxygens (including phenoxy) is 2. The molecule has 0 radical (unpaired) electrons. The van der Waals surface area contributed by atoms with Gasteiger partial charge in [-0.2, -0.15) is 0 Å². The zero-order valence-corrected chi connectivity index (χ0v) is 16.7. The zero-order valence-electron chi connectivity index (χ0n) is 16.7. The number of hydrogen-bond donors (Lipinski definition) is 1. The summed E-state index contributed by atoms with van der Waals surface area (Å²) in [7, 11) is 1.62. The van der Waals surface area contributed by atoms with Gasteiger partial charge < -0.3 is 14.8 Å². The molecule has 1 amide bonds. The summed E-state index contributed by atoms with van der Waals surface area (Å²) in [6.07, 6.45) is 9.00. The molecule has 1 aliphatic rings. The van der Waals surface area contributed by atoms with E-state index in [0.29, 0.717) is 11.3 Å². The SMILES string of the molecule is COc1ccc(/C=C/C(=O)c2ccc(OCC(=O)NC3CCCCC3)cc2)cc1. The number of carbonyl (C=O) groups excluding carboxylic acids is 2. The fourth-order valence-electron chi connectivity index (χ4n) is 3.36. The van der Waals surface area contributed by atoms with Gasteiger partial charge in [0.25, 0.3) is 5.91 Å². The molecule has 2 aromatic rings. The van der Waals surface area contributed by atoms with Gasteiger partial charge in [-0.1, -0.05) is 37.5 Å². The maximum Gasteiger partial charge on any atom is 0.258 e. The van der Waals surface area contributed by atoms with Crippen molar-refractivity contribution in [3.63, 3.8) is 0 Å². The van der Waals surface area contributed by atoms with Crippen molar-refractivity contribution >= 4 is 17.8 Å². The molecule has 5 nitrogen and oxygen atoms in total. The Labute approximate surface area is 171 Å². The molecule has 2 aromatic carbocycles. The van der Waals surface area contributed by atoms with E-state index in [-0.39, 0.29) is 24.3 Å². The molecular formula is C24H27NO4. The predicted octanol–water partition coefficient (Wildman–Crippen LogP) is 4.42. The predicted molar refractivity (Wildman–Crippen MR) is 113 cm³/mol. The number of nitrogens with one attached hydrogen (secondary N) is 1. The summed E-state index contributed by atoms with van der Waals surface area (Å²) in [6.45, 7) is -0.0127. The average molecular weight is 393 g/mol. The van der Waals surface area contributed by atoms with Gasteiger partial charge in [0, 0.05) is 11.6 Å². The minimum atomic E-state index is -0.0977. The van der Waals surface area contributed by atoms with Gasteiger partial charge in [-0.3, -0.25) is 9.59 Å². The lowest BCUT2D eigenvalue weighted by Crippen LogP contribution is -2.38. The minimum absolute atomic E-state index is 0.0127. The second-order valence-corrected chi connectivity index (χ2v) is 7.19. The Hall–Kier alpha value is -3.08. The largest absolute Gasteiger partial charge is 0.497 e. The first-order chi connectivity index (χ1) is 14.1. The van der Waals surface area contributed by atoms with E-state index >= 15 is 0 Å². The second-order valence-electron chi connectivity index (χ2n) is 7.19. The molecule has 1 saturated carbocycles. The third-order valence-corrected chi connectivity index (χ3v) is 5.02. The van der Waals surface area contributed by atoms with Crippen molar-refractivity contribution in [2.45, 2.75) is 38.1 Å². The van der Waals surface area contributed by atoms with Crippen molar-refractivity contribution in [2.24, 2.45) is 0 Å². The van der Waals surface area contributed by atoms with Gasteiger partial charge in [-0.25, -0.2) is 0 Å². The number of ketones is 1. The third kappa shape index (κ3) is 6.49. The number of rotatable bonds is 8. The van der Waals surface area contributed by atoms with Crippen molar-refractivity contribution in [1.29, 1.82) is 0 Å². The van der Waals surface area contributed by atoms with Crippen molar-refractivity contribution in [2.75, 3.05) is 13.7 Å². The molecule has 1 aliphatic carbocycles. The van der Waals surface area contributed by atoms with Gasteiger partial charge in [0.1, 0.15) is 11.5 Å². The van der Waals surface area contributed by atoms with Crippen molar-refractivity contribution in [1.82, 2.24) is 5.32 Å². The minimum Gasteiger partial charge on any atom is -0.497 e. The summed E-state index contributed by atoms with van der Waals surface area (Å²) in [4.78, 5) is 24.3. The Kier molecular flexibility index (Phi) is 7.45.